The van der Waals surface area contributed by atoms with Crippen molar-refractivity contribution < 1.29 is 14.7 Å². The van der Waals surface area contributed by atoms with Crippen LogP contribution >= 0.6 is 0 Å². The highest BCUT2D eigenvalue weighted by atomic mass is 16.4. The van der Waals surface area contributed by atoms with Crippen LogP contribution in [-0.2, 0) is 4.79 Å². The maximum Gasteiger partial charge on any atom is 0.336 e. The lowest BCUT2D eigenvalue weighted by molar-refractivity contribution is -0.118. The molecule has 1 unspecified atom stereocenters. The van der Waals surface area contributed by atoms with Crippen LogP contribution in [0.25, 0.3) is 0 Å². The SMILES string of the molecule is Cc1cc(NC(=O)C2CCCCCN2)cc(C(=O)O)c1C. The molecule has 1 aliphatic heterocycles. The molecule has 1 saturated heterocycles. The normalized spacial score (nSPS) is 18.9. The number of benzene rings is 1. The number of nitrogens with one attached hydrogen (secondary N) is 2. The molecule has 0 radical (unpaired) electrons. The van der Waals surface area contributed by atoms with Gasteiger partial charge in [-0.05, 0) is 56.5 Å². The summed E-state index contributed by atoms with van der Waals surface area (Å²) < 4.78 is 0. The zero-order chi connectivity index (χ0) is 15.4. The highest BCUT2D eigenvalue weighted by Gasteiger charge is 2.20. The van der Waals surface area contributed by atoms with Gasteiger partial charge in [0.1, 0.15) is 0 Å². The van der Waals surface area contributed by atoms with Crippen molar-refractivity contribution in [1.82, 2.24) is 5.32 Å². The molecular weight excluding hydrogens is 268 g/mol. The third kappa shape index (κ3) is 3.82. The van der Waals surface area contributed by atoms with E-state index in [0.29, 0.717) is 5.69 Å². The number of carboxylic acid groups (broad SMARTS) is 1. The maximum atomic E-state index is 12.3. The molecule has 5 heteroatoms. The van der Waals surface area contributed by atoms with Gasteiger partial charge in [-0.1, -0.05) is 12.8 Å². The summed E-state index contributed by atoms with van der Waals surface area (Å²) in [7, 11) is 0. The monoisotopic (exact) mass is 290 g/mol. The summed E-state index contributed by atoms with van der Waals surface area (Å²) in [5.41, 5.74) is 2.37. The van der Waals surface area contributed by atoms with Gasteiger partial charge in [-0.3, -0.25) is 4.79 Å². The van der Waals surface area contributed by atoms with E-state index in [9.17, 15) is 14.7 Å². The van der Waals surface area contributed by atoms with Gasteiger partial charge in [0.25, 0.3) is 0 Å². The molecule has 1 heterocycles. The van der Waals surface area contributed by atoms with Crippen molar-refractivity contribution >= 4 is 17.6 Å². The number of amides is 1. The molecule has 2 rings (SSSR count). The number of aryl methyl sites for hydroxylation is 1. The lowest BCUT2D eigenvalue weighted by atomic mass is 10.0. The summed E-state index contributed by atoms with van der Waals surface area (Å²) in [5, 5.41) is 15.3. The fraction of sp³-hybridized carbons (Fsp3) is 0.500. The number of rotatable bonds is 3. The zero-order valence-electron chi connectivity index (χ0n) is 12.5. The van der Waals surface area contributed by atoms with E-state index in [1.165, 1.54) is 6.07 Å². The first kappa shape index (κ1) is 15.5. The Morgan fingerprint density at radius 1 is 1.24 bits per heavy atom. The van der Waals surface area contributed by atoms with Crippen molar-refractivity contribution in [3.05, 3.63) is 28.8 Å². The van der Waals surface area contributed by atoms with Crippen LogP contribution in [0.5, 0.6) is 0 Å². The van der Waals surface area contributed by atoms with Crippen molar-refractivity contribution in [1.29, 1.82) is 0 Å². The van der Waals surface area contributed by atoms with Crippen LogP contribution in [0, 0.1) is 13.8 Å². The molecule has 1 atom stereocenters. The van der Waals surface area contributed by atoms with Crippen LogP contribution in [0.1, 0.15) is 47.2 Å². The Hall–Kier alpha value is -1.88. The van der Waals surface area contributed by atoms with Gasteiger partial charge < -0.3 is 15.7 Å². The van der Waals surface area contributed by atoms with Crippen molar-refractivity contribution in [2.45, 2.75) is 45.6 Å². The predicted molar refractivity (Wildman–Crippen MR) is 81.8 cm³/mol. The number of carbonyl (C=O) groups is 2. The van der Waals surface area contributed by atoms with E-state index < -0.39 is 5.97 Å². The molecule has 1 aliphatic rings. The molecule has 5 nitrogen and oxygen atoms in total. The molecule has 1 aromatic rings. The smallest absolute Gasteiger partial charge is 0.336 e. The van der Waals surface area contributed by atoms with E-state index in [1.54, 1.807) is 6.92 Å². The average Bonchev–Trinajstić information content (AvgIpc) is 2.71. The third-order valence-electron chi connectivity index (χ3n) is 4.04. The second kappa shape index (κ2) is 6.72. The van der Waals surface area contributed by atoms with Crippen molar-refractivity contribution in [3.8, 4) is 0 Å². The fourth-order valence-electron chi connectivity index (χ4n) is 2.64. The molecule has 3 N–H and O–H groups in total. The summed E-state index contributed by atoms with van der Waals surface area (Å²) in [6.07, 6.45) is 4.10. The fourth-order valence-corrected chi connectivity index (χ4v) is 2.64. The zero-order valence-corrected chi connectivity index (χ0v) is 12.5. The van der Waals surface area contributed by atoms with E-state index in [2.05, 4.69) is 10.6 Å². The lowest BCUT2D eigenvalue weighted by Gasteiger charge is -2.17. The molecule has 21 heavy (non-hydrogen) atoms. The van der Waals surface area contributed by atoms with Crippen LogP contribution in [0.4, 0.5) is 5.69 Å². The molecule has 0 saturated carbocycles. The number of carboxylic acids is 1. The second-order valence-electron chi connectivity index (χ2n) is 5.62. The van der Waals surface area contributed by atoms with Crippen molar-refractivity contribution in [3.63, 3.8) is 0 Å². The first-order chi connectivity index (χ1) is 9.99. The number of aromatic carboxylic acids is 1. The van der Waals surface area contributed by atoms with Gasteiger partial charge in [0.05, 0.1) is 11.6 Å². The minimum absolute atomic E-state index is 0.0866. The first-order valence-corrected chi connectivity index (χ1v) is 7.38. The van der Waals surface area contributed by atoms with Gasteiger partial charge in [0, 0.05) is 5.69 Å². The standard InChI is InChI=1S/C16H22N2O3/c1-10-8-12(9-13(11(10)2)16(20)21)18-15(19)14-6-4-3-5-7-17-14/h8-9,14,17H,3-7H2,1-2H3,(H,18,19)(H,20,21). The van der Waals surface area contributed by atoms with Gasteiger partial charge in [0.2, 0.25) is 5.91 Å². The lowest BCUT2D eigenvalue weighted by Crippen LogP contribution is -2.39. The number of hydrogen-bond donors (Lipinski definition) is 3. The van der Waals surface area contributed by atoms with Crippen LogP contribution in [0.2, 0.25) is 0 Å². The van der Waals surface area contributed by atoms with Gasteiger partial charge in [-0.2, -0.15) is 0 Å². The third-order valence-corrected chi connectivity index (χ3v) is 4.04. The largest absolute Gasteiger partial charge is 0.478 e. The Bertz CT molecular complexity index is 547. The molecule has 0 aromatic heterocycles. The molecule has 1 fully saturated rings. The topological polar surface area (TPSA) is 78.4 Å². The van der Waals surface area contributed by atoms with E-state index in [0.717, 1.165) is 43.4 Å². The Morgan fingerprint density at radius 2 is 2.00 bits per heavy atom. The van der Waals surface area contributed by atoms with Crippen LogP contribution < -0.4 is 10.6 Å². The Balaban J connectivity index is 2.15. The Labute approximate surface area is 124 Å². The predicted octanol–water partition coefficient (Wildman–Crippen LogP) is 2.47. The highest BCUT2D eigenvalue weighted by Crippen LogP contribution is 2.21. The quantitative estimate of drug-likeness (QED) is 0.799. The number of anilines is 1. The minimum atomic E-state index is -0.973. The number of carbonyl (C=O) groups excluding carboxylic acids is 1. The van der Waals surface area contributed by atoms with Gasteiger partial charge >= 0.3 is 5.97 Å². The molecule has 1 amide bonds. The highest BCUT2D eigenvalue weighted by molar-refractivity contribution is 5.97. The summed E-state index contributed by atoms with van der Waals surface area (Å²) in [6, 6.07) is 3.15. The molecule has 114 valence electrons. The van der Waals surface area contributed by atoms with E-state index >= 15 is 0 Å². The summed E-state index contributed by atoms with van der Waals surface area (Å²) >= 11 is 0. The molecular formula is C16H22N2O3. The molecule has 1 aromatic carbocycles. The summed E-state index contributed by atoms with van der Waals surface area (Å²) in [5.74, 6) is -1.06. The minimum Gasteiger partial charge on any atom is -0.478 e. The molecule has 0 bridgehead atoms. The van der Waals surface area contributed by atoms with Gasteiger partial charge in [-0.25, -0.2) is 4.79 Å². The van der Waals surface area contributed by atoms with Crippen LogP contribution in [0.3, 0.4) is 0 Å². The molecule has 0 spiro atoms. The summed E-state index contributed by atoms with van der Waals surface area (Å²) in [6.45, 7) is 4.48. The van der Waals surface area contributed by atoms with Crippen molar-refractivity contribution in [2.24, 2.45) is 0 Å². The van der Waals surface area contributed by atoms with Crippen molar-refractivity contribution in [2.75, 3.05) is 11.9 Å². The average molecular weight is 290 g/mol. The van der Waals surface area contributed by atoms with E-state index in [4.69, 9.17) is 0 Å². The maximum absolute atomic E-state index is 12.3. The summed E-state index contributed by atoms with van der Waals surface area (Å²) in [4.78, 5) is 23.5. The Kier molecular flexibility index (Phi) is 4.96. The van der Waals surface area contributed by atoms with Crippen LogP contribution in [0.15, 0.2) is 12.1 Å². The number of hydrogen-bond acceptors (Lipinski definition) is 3. The van der Waals surface area contributed by atoms with Gasteiger partial charge in [0.15, 0.2) is 0 Å². The first-order valence-electron chi connectivity index (χ1n) is 7.38. The van der Waals surface area contributed by atoms with Crippen LogP contribution in [-0.4, -0.2) is 29.6 Å². The van der Waals surface area contributed by atoms with E-state index in [1.807, 2.05) is 13.0 Å². The Morgan fingerprint density at radius 3 is 2.71 bits per heavy atom. The van der Waals surface area contributed by atoms with Gasteiger partial charge in [-0.15, -0.1) is 0 Å². The second-order valence-corrected chi connectivity index (χ2v) is 5.62. The van der Waals surface area contributed by atoms with E-state index in [-0.39, 0.29) is 17.5 Å². The molecule has 0 aliphatic carbocycles.